The quantitative estimate of drug-likeness (QED) is 0.784. The fourth-order valence-corrected chi connectivity index (χ4v) is 4.43. The molecule has 1 saturated heterocycles. The van der Waals surface area contributed by atoms with Gasteiger partial charge < -0.3 is 9.80 Å². The van der Waals surface area contributed by atoms with Crippen molar-refractivity contribution in [1.29, 1.82) is 0 Å². The lowest BCUT2D eigenvalue weighted by atomic mass is 9.96. The maximum absolute atomic E-state index is 13.3. The molecule has 2 fully saturated rings. The van der Waals surface area contributed by atoms with Gasteiger partial charge >= 0.3 is 0 Å². The molecule has 0 N–H and O–H groups in total. The third-order valence-electron chi connectivity index (χ3n) is 5.94. The Kier molecular flexibility index (Phi) is 3.66. The van der Waals surface area contributed by atoms with Gasteiger partial charge in [-0.3, -0.25) is 9.59 Å². The third kappa shape index (κ3) is 2.35. The molecule has 2 amide bonds. The van der Waals surface area contributed by atoms with Gasteiger partial charge in [-0.1, -0.05) is 25.1 Å². The molecular weight excluding hydrogens is 300 g/mol. The molecule has 1 aromatic carbocycles. The SMILES string of the molecule is CC1CCCN(C(=O)C2(C(=O)N3c4ccccc4CC3C)CC2)C1. The van der Waals surface area contributed by atoms with E-state index in [1.165, 1.54) is 12.0 Å². The highest BCUT2D eigenvalue weighted by atomic mass is 16.2. The highest BCUT2D eigenvalue weighted by Crippen LogP contribution is 2.51. The third-order valence-corrected chi connectivity index (χ3v) is 5.94. The highest BCUT2D eigenvalue weighted by molar-refractivity contribution is 6.15. The summed E-state index contributed by atoms with van der Waals surface area (Å²) in [6.07, 6.45) is 4.54. The number of likely N-dealkylation sites (tertiary alicyclic amines) is 1. The maximum atomic E-state index is 13.3. The van der Waals surface area contributed by atoms with Crippen LogP contribution in [0, 0.1) is 11.3 Å². The Morgan fingerprint density at radius 2 is 1.88 bits per heavy atom. The zero-order valence-electron chi connectivity index (χ0n) is 14.6. The van der Waals surface area contributed by atoms with Crippen LogP contribution in [0.5, 0.6) is 0 Å². The molecular formula is C20H26N2O2. The number of rotatable bonds is 2. The van der Waals surface area contributed by atoms with E-state index in [2.05, 4.69) is 19.9 Å². The van der Waals surface area contributed by atoms with E-state index in [-0.39, 0.29) is 17.9 Å². The topological polar surface area (TPSA) is 40.6 Å². The van der Waals surface area contributed by atoms with Crippen LogP contribution in [0.3, 0.4) is 0 Å². The van der Waals surface area contributed by atoms with Crippen molar-refractivity contribution < 1.29 is 9.59 Å². The van der Waals surface area contributed by atoms with Gasteiger partial charge in [0.25, 0.3) is 0 Å². The van der Waals surface area contributed by atoms with Crippen molar-refractivity contribution >= 4 is 17.5 Å². The Bertz CT molecular complexity index is 680. The van der Waals surface area contributed by atoms with E-state index in [1.54, 1.807) is 0 Å². The second-order valence-electron chi connectivity index (χ2n) is 7.94. The molecule has 2 aliphatic heterocycles. The van der Waals surface area contributed by atoms with Crippen LogP contribution in [0.25, 0.3) is 0 Å². The molecule has 1 aliphatic carbocycles. The normalized spacial score (nSPS) is 27.8. The van der Waals surface area contributed by atoms with Crippen molar-refractivity contribution in [1.82, 2.24) is 4.90 Å². The molecule has 1 aromatic rings. The number of amides is 2. The van der Waals surface area contributed by atoms with Crippen molar-refractivity contribution in [2.24, 2.45) is 11.3 Å². The predicted octanol–water partition coefficient (Wildman–Crippen LogP) is 3.00. The Labute approximate surface area is 143 Å². The average molecular weight is 326 g/mol. The molecule has 2 unspecified atom stereocenters. The molecule has 0 aromatic heterocycles. The Hall–Kier alpha value is -1.84. The van der Waals surface area contributed by atoms with Gasteiger partial charge in [-0.2, -0.15) is 0 Å². The number of anilines is 1. The molecule has 4 nitrogen and oxygen atoms in total. The summed E-state index contributed by atoms with van der Waals surface area (Å²) in [6.45, 7) is 5.89. The predicted molar refractivity (Wildman–Crippen MR) is 93.7 cm³/mol. The lowest BCUT2D eigenvalue weighted by molar-refractivity contribution is -0.144. The fourth-order valence-electron chi connectivity index (χ4n) is 4.43. The number of hydrogen-bond acceptors (Lipinski definition) is 2. The number of para-hydroxylation sites is 1. The molecule has 3 aliphatic rings. The Balaban J connectivity index is 1.59. The van der Waals surface area contributed by atoms with Crippen molar-refractivity contribution in [2.45, 2.75) is 52.0 Å². The zero-order chi connectivity index (χ0) is 16.9. The van der Waals surface area contributed by atoms with E-state index in [4.69, 9.17) is 0 Å². The van der Waals surface area contributed by atoms with Gasteiger partial charge in [0.15, 0.2) is 0 Å². The summed E-state index contributed by atoms with van der Waals surface area (Å²) in [7, 11) is 0. The summed E-state index contributed by atoms with van der Waals surface area (Å²) in [5.74, 6) is 0.652. The zero-order valence-corrected chi connectivity index (χ0v) is 14.6. The molecule has 4 heteroatoms. The van der Waals surface area contributed by atoms with Crippen molar-refractivity contribution in [3.05, 3.63) is 29.8 Å². The van der Waals surface area contributed by atoms with Crippen LogP contribution in [0.2, 0.25) is 0 Å². The van der Waals surface area contributed by atoms with Gasteiger partial charge in [0.1, 0.15) is 5.41 Å². The van der Waals surface area contributed by atoms with E-state index >= 15 is 0 Å². The summed E-state index contributed by atoms with van der Waals surface area (Å²) >= 11 is 0. The smallest absolute Gasteiger partial charge is 0.242 e. The first-order chi connectivity index (χ1) is 11.5. The Morgan fingerprint density at radius 3 is 2.58 bits per heavy atom. The van der Waals surface area contributed by atoms with Crippen LogP contribution in [0.4, 0.5) is 5.69 Å². The van der Waals surface area contributed by atoms with Gasteiger partial charge in [0, 0.05) is 24.8 Å². The number of piperidine rings is 1. The van der Waals surface area contributed by atoms with Gasteiger partial charge in [0.05, 0.1) is 0 Å². The molecule has 1 saturated carbocycles. The number of hydrogen-bond donors (Lipinski definition) is 0. The lowest BCUT2D eigenvalue weighted by Crippen LogP contribution is -2.50. The number of benzene rings is 1. The first-order valence-electron chi connectivity index (χ1n) is 9.24. The number of carbonyl (C=O) groups is 2. The molecule has 0 radical (unpaired) electrons. The monoisotopic (exact) mass is 326 g/mol. The first-order valence-corrected chi connectivity index (χ1v) is 9.24. The number of fused-ring (bicyclic) bond motifs is 1. The van der Waals surface area contributed by atoms with Gasteiger partial charge in [-0.15, -0.1) is 0 Å². The van der Waals surface area contributed by atoms with E-state index in [0.717, 1.165) is 31.6 Å². The van der Waals surface area contributed by atoms with Gasteiger partial charge in [0.2, 0.25) is 11.8 Å². The Morgan fingerprint density at radius 1 is 1.12 bits per heavy atom. The van der Waals surface area contributed by atoms with Gasteiger partial charge in [-0.25, -0.2) is 0 Å². The van der Waals surface area contributed by atoms with Crippen LogP contribution in [0.1, 0.15) is 45.1 Å². The lowest BCUT2D eigenvalue weighted by Gasteiger charge is -2.35. The minimum atomic E-state index is -0.775. The fraction of sp³-hybridized carbons (Fsp3) is 0.600. The summed E-state index contributed by atoms with van der Waals surface area (Å²) in [6, 6.07) is 8.24. The minimum absolute atomic E-state index is 0.0307. The molecule has 2 heterocycles. The van der Waals surface area contributed by atoms with Crippen LogP contribution in [-0.2, 0) is 16.0 Å². The van der Waals surface area contributed by atoms with Gasteiger partial charge in [-0.05, 0) is 56.6 Å². The number of carbonyl (C=O) groups excluding carboxylic acids is 2. The minimum Gasteiger partial charge on any atom is -0.342 e. The molecule has 0 bridgehead atoms. The standard InChI is InChI=1S/C20H26N2O2/c1-14-6-5-11-21(13-14)18(23)20(9-10-20)19(24)22-15(2)12-16-7-3-4-8-17(16)22/h3-4,7-8,14-15H,5-6,9-13H2,1-2H3. The number of nitrogens with zero attached hydrogens (tertiary/aromatic N) is 2. The van der Waals surface area contributed by atoms with Crippen molar-refractivity contribution in [3.63, 3.8) is 0 Å². The summed E-state index contributed by atoms with van der Waals surface area (Å²) in [5, 5.41) is 0. The summed E-state index contributed by atoms with van der Waals surface area (Å²) in [4.78, 5) is 30.3. The highest BCUT2D eigenvalue weighted by Gasteiger charge is 2.60. The van der Waals surface area contributed by atoms with E-state index in [9.17, 15) is 9.59 Å². The van der Waals surface area contributed by atoms with Crippen LogP contribution in [-0.4, -0.2) is 35.8 Å². The van der Waals surface area contributed by atoms with Crippen LogP contribution in [0.15, 0.2) is 24.3 Å². The van der Waals surface area contributed by atoms with Crippen LogP contribution < -0.4 is 4.90 Å². The van der Waals surface area contributed by atoms with Crippen molar-refractivity contribution in [2.75, 3.05) is 18.0 Å². The second-order valence-corrected chi connectivity index (χ2v) is 7.94. The molecule has 24 heavy (non-hydrogen) atoms. The molecule has 128 valence electrons. The summed E-state index contributed by atoms with van der Waals surface area (Å²) in [5.41, 5.74) is 1.44. The average Bonchev–Trinajstić information content (AvgIpc) is 3.31. The summed E-state index contributed by atoms with van der Waals surface area (Å²) < 4.78 is 0. The maximum Gasteiger partial charge on any atom is 0.242 e. The first kappa shape index (κ1) is 15.7. The van der Waals surface area contributed by atoms with Crippen molar-refractivity contribution in [3.8, 4) is 0 Å². The van der Waals surface area contributed by atoms with E-state index in [1.807, 2.05) is 28.0 Å². The van der Waals surface area contributed by atoms with E-state index in [0.29, 0.717) is 18.8 Å². The largest absolute Gasteiger partial charge is 0.342 e. The molecule has 0 spiro atoms. The molecule has 2 atom stereocenters. The molecule has 4 rings (SSSR count). The van der Waals surface area contributed by atoms with E-state index < -0.39 is 5.41 Å². The van der Waals surface area contributed by atoms with Crippen LogP contribution >= 0.6 is 0 Å². The second kappa shape index (κ2) is 5.61.